The van der Waals surface area contributed by atoms with E-state index in [0.29, 0.717) is 5.69 Å². The van der Waals surface area contributed by atoms with E-state index in [1.54, 1.807) is 12.3 Å². The van der Waals surface area contributed by atoms with Crippen molar-refractivity contribution in [2.24, 2.45) is 0 Å². The maximum absolute atomic E-state index is 11.7. The van der Waals surface area contributed by atoms with Gasteiger partial charge in [0.15, 0.2) is 0 Å². The molecule has 0 radical (unpaired) electrons. The molecule has 0 saturated carbocycles. The van der Waals surface area contributed by atoms with Crippen LogP contribution < -0.4 is 0 Å². The third-order valence-corrected chi connectivity index (χ3v) is 1.98. The zero-order valence-electron chi connectivity index (χ0n) is 5.77. The van der Waals surface area contributed by atoms with Crippen LogP contribution in [0.5, 0.6) is 0 Å². The molecule has 0 aliphatic carbocycles. The van der Waals surface area contributed by atoms with E-state index < -0.39 is 12.6 Å². The Kier molecular flexibility index (Phi) is 2.17. The Hall–Kier alpha value is -0.580. The highest BCUT2D eigenvalue weighted by molar-refractivity contribution is 7.09. The second kappa shape index (κ2) is 2.81. The molecule has 62 valence electrons. The highest BCUT2D eigenvalue weighted by atomic mass is 32.1. The van der Waals surface area contributed by atoms with Gasteiger partial charge in [0.25, 0.3) is 0 Å². The molecule has 0 N–H and O–H groups in total. The van der Waals surface area contributed by atoms with Crippen LogP contribution in [0, 0.1) is 6.92 Å². The van der Waals surface area contributed by atoms with Crippen molar-refractivity contribution in [1.82, 2.24) is 4.98 Å². The number of hydrogen-bond acceptors (Lipinski definition) is 2. The fourth-order valence-corrected chi connectivity index (χ4v) is 1.46. The lowest BCUT2D eigenvalue weighted by Gasteiger charge is -2.01. The Morgan fingerprint density at radius 1 is 1.55 bits per heavy atom. The average Bonchev–Trinajstić information content (AvgIpc) is 2.10. The van der Waals surface area contributed by atoms with Gasteiger partial charge < -0.3 is 0 Å². The van der Waals surface area contributed by atoms with Crippen molar-refractivity contribution >= 4 is 11.3 Å². The number of alkyl halides is 3. The summed E-state index contributed by atoms with van der Waals surface area (Å²) in [4.78, 5) is 3.69. The Labute approximate surface area is 65.9 Å². The molecule has 0 spiro atoms. The molecule has 0 fully saturated rings. The van der Waals surface area contributed by atoms with Gasteiger partial charge in [-0.25, -0.2) is 4.98 Å². The highest BCUT2D eigenvalue weighted by Gasteiger charge is 2.28. The van der Waals surface area contributed by atoms with Crippen molar-refractivity contribution < 1.29 is 13.2 Å². The third-order valence-electron chi connectivity index (χ3n) is 1.02. The Balaban J connectivity index is 2.65. The maximum Gasteiger partial charge on any atom is 0.395 e. The number of thiazole rings is 1. The predicted octanol–water partition coefficient (Wildman–Crippen LogP) is 2.56. The van der Waals surface area contributed by atoms with Gasteiger partial charge in [0.05, 0.1) is 6.42 Å². The van der Waals surface area contributed by atoms with Crippen LogP contribution >= 0.6 is 11.3 Å². The summed E-state index contributed by atoms with van der Waals surface area (Å²) < 4.78 is 35.2. The fourth-order valence-electron chi connectivity index (χ4n) is 0.655. The zero-order valence-corrected chi connectivity index (χ0v) is 6.59. The Morgan fingerprint density at radius 3 is 2.55 bits per heavy atom. The van der Waals surface area contributed by atoms with E-state index in [0.717, 1.165) is 11.3 Å². The van der Waals surface area contributed by atoms with E-state index >= 15 is 0 Å². The molecule has 1 aromatic heterocycles. The lowest BCUT2D eigenvalue weighted by atomic mass is 10.4. The molecule has 0 saturated heterocycles. The predicted molar refractivity (Wildman–Crippen MR) is 36.6 cm³/mol. The minimum atomic E-state index is -4.13. The van der Waals surface area contributed by atoms with Gasteiger partial charge in [0.2, 0.25) is 0 Å². The first-order chi connectivity index (χ1) is 4.97. The summed E-state index contributed by atoms with van der Waals surface area (Å²) in [7, 11) is 0. The van der Waals surface area contributed by atoms with Gasteiger partial charge in [-0.15, -0.1) is 11.3 Å². The topological polar surface area (TPSA) is 12.9 Å². The van der Waals surface area contributed by atoms with Crippen molar-refractivity contribution in [2.75, 3.05) is 0 Å². The van der Waals surface area contributed by atoms with Gasteiger partial charge in [0.1, 0.15) is 5.01 Å². The number of hydrogen-bond donors (Lipinski definition) is 0. The lowest BCUT2D eigenvalue weighted by Crippen LogP contribution is -2.11. The smallest absolute Gasteiger partial charge is 0.246 e. The second-order valence-corrected chi connectivity index (χ2v) is 3.12. The molecule has 1 nitrogen and oxygen atoms in total. The van der Waals surface area contributed by atoms with Crippen LogP contribution in [0.15, 0.2) is 5.38 Å². The SMILES string of the molecule is Cc1csc(CC(F)(F)F)n1. The Bertz CT molecular complexity index is 240. The monoisotopic (exact) mass is 181 g/mol. The molecular weight excluding hydrogens is 175 g/mol. The Morgan fingerprint density at radius 2 is 2.18 bits per heavy atom. The minimum Gasteiger partial charge on any atom is -0.246 e. The van der Waals surface area contributed by atoms with Gasteiger partial charge in [0, 0.05) is 11.1 Å². The molecule has 0 aliphatic rings. The van der Waals surface area contributed by atoms with E-state index in [2.05, 4.69) is 4.98 Å². The first-order valence-corrected chi connectivity index (χ1v) is 3.83. The summed E-state index contributed by atoms with van der Waals surface area (Å²) in [6.45, 7) is 1.68. The molecule has 1 aromatic rings. The molecule has 0 bridgehead atoms. The van der Waals surface area contributed by atoms with E-state index in [9.17, 15) is 13.2 Å². The summed E-state index contributed by atoms with van der Waals surface area (Å²) in [5, 5.41) is 1.75. The molecule has 0 unspecified atom stereocenters. The summed E-state index contributed by atoms with van der Waals surface area (Å²) >= 11 is 1.05. The normalized spacial score (nSPS) is 12.0. The van der Waals surface area contributed by atoms with Gasteiger partial charge in [-0.1, -0.05) is 0 Å². The van der Waals surface area contributed by atoms with Crippen molar-refractivity contribution in [2.45, 2.75) is 19.5 Å². The third kappa shape index (κ3) is 2.88. The highest BCUT2D eigenvalue weighted by Crippen LogP contribution is 2.22. The van der Waals surface area contributed by atoms with Gasteiger partial charge in [-0.05, 0) is 6.92 Å². The van der Waals surface area contributed by atoms with Crippen molar-refractivity contribution in [3.05, 3.63) is 16.1 Å². The van der Waals surface area contributed by atoms with Crippen LogP contribution in [0.2, 0.25) is 0 Å². The van der Waals surface area contributed by atoms with Gasteiger partial charge in [-0.3, -0.25) is 0 Å². The van der Waals surface area contributed by atoms with E-state index in [-0.39, 0.29) is 5.01 Å². The molecule has 0 amide bonds. The number of aromatic nitrogens is 1. The van der Waals surface area contributed by atoms with Gasteiger partial charge >= 0.3 is 6.18 Å². The molecule has 5 heteroatoms. The van der Waals surface area contributed by atoms with Crippen molar-refractivity contribution in [3.63, 3.8) is 0 Å². The van der Waals surface area contributed by atoms with E-state index in [4.69, 9.17) is 0 Å². The van der Waals surface area contributed by atoms with Crippen molar-refractivity contribution in [1.29, 1.82) is 0 Å². The second-order valence-electron chi connectivity index (χ2n) is 2.17. The number of halogens is 3. The van der Waals surface area contributed by atoms with E-state index in [1.165, 1.54) is 0 Å². The summed E-state index contributed by atoms with van der Waals surface area (Å²) in [5.74, 6) is 0. The molecule has 0 aromatic carbocycles. The molecular formula is C6H6F3NS. The quantitative estimate of drug-likeness (QED) is 0.648. The van der Waals surface area contributed by atoms with E-state index in [1.807, 2.05) is 0 Å². The summed E-state index contributed by atoms with van der Waals surface area (Å²) in [6, 6.07) is 0. The van der Waals surface area contributed by atoms with Crippen LogP contribution in [-0.2, 0) is 6.42 Å². The molecule has 1 heterocycles. The minimum absolute atomic E-state index is 0.134. The molecule has 11 heavy (non-hydrogen) atoms. The fraction of sp³-hybridized carbons (Fsp3) is 0.500. The zero-order chi connectivity index (χ0) is 8.48. The number of rotatable bonds is 1. The molecule has 0 aliphatic heterocycles. The maximum atomic E-state index is 11.7. The standard InChI is InChI=1S/C6H6F3NS/c1-4-3-11-5(10-4)2-6(7,8)9/h3H,2H2,1H3. The van der Waals surface area contributed by atoms with Crippen LogP contribution in [0.4, 0.5) is 13.2 Å². The summed E-state index contributed by atoms with van der Waals surface area (Å²) in [5.41, 5.74) is 0.647. The molecule has 1 rings (SSSR count). The largest absolute Gasteiger partial charge is 0.395 e. The lowest BCUT2D eigenvalue weighted by molar-refractivity contribution is -0.127. The van der Waals surface area contributed by atoms with Crippen LogP contribution in [0.1, 0.15) is 10.7 Å². The number of aryl methyl sites for hydroxylation is 1. The van der Waals surface area contributed by atoms with Crippen LogP contribution in [0.3, 0.4) is 0 Å². The van der Waals surface area contributed by atoms with Gasteiger partial charge in [-0.2, -0.15) is 13.2 Å². The first-order valence-electron chi connectivity index (χ1n) is 2.95. The first kappa shape index (κ1) is 8.52. The van der Waals surface area contributed by atoms with Crippen LogP contribution in [-0.4, -0.2) is 11.2 Å². The van der Waals surface area contributed by atoms with Crippen LogP contribution in [0.25, 0.3) is 0 Å². The molecule has 0 atom stereocenters. The van der Waals surface area contributed by atoms with Crippen molar-refractivity contribution in [3.8, 4) is 0 Å². The number of nitrogens with zero attached hydrogens (tertiary/aromatic N) is 1. The average molecular weight is 181 g/mol. The summed E-state index contributed by atoms with van der Waals surface area (Å²) in [6.07, 6.45) is -5.05.